The molecule has 6 heteroatoms. The van der Waals surface area contributed by atoms with Crippen molar-refractivity contribution >= 4 is 12.0 Å². The number of carbonyl (C=O) groups is 2. The van der Waals surface area contributed by atoms with Crippen LogP contribution in [0.15, 0.2) is 24.3 Å². The van der Waals surface area contributed by atoms with Crippen LogP contribution in [0.3, 0.4) is 0 Å². The van der Waals surface area contributed by atoms with Crippen molar-refractivity contribution in [2.45, 2.75) is 32.9 Å². The van der Waals surface area contributed by atoms with E-state index in [0.29, 0.717) is 12.0 Å². The number of halogens is 1. The number of carboxylic acid groups (broad SMARTS) is 1. The van der Waals surface area contributed by atoms with Crippen molar-refractivity contribution in [2.75, 3.05) is 6.54 Å². The van der Waals surface area contributed by atoms with Crippen LogP contribution in [0.25, 0.3) is 0 Å². The Morgan fingerprint density at radius 2 is 2.05 bits per heavy atom. The van der Waals surface area contributed by atoms with Crippen LogP contribution in [0.2, 0.25) is 0 Å². The molecule has 1 aromatic carbocycles. The second kappa shape index (κ2) is 7.47. The zero-order chi connectivity index (χ0) is 15.1. The summed E-state index contributed by atoms with van der Waals surface area (Å²) >= 11 is 0. The Morgan fingerprint density at radius 3 is 2.60 bits per heavy atom. The number of benzene rings is 1. The number of amides is 2. The Balaban J connectivity index is 2.67. The molecule has 0 radical (unpaired) electrons. The molecule has 1 aromatic rings. The standard InChI is InChI=1S/C14H19FN2O3/c1-3-10(2)17(9-13(18)19)14(20)16-8-11-6-4-5-7-12(11)15/h4-7,10H,3,8-9H2,1-2H3,(H,16,20)(H,18,19). The Bertz CT molecular complexity index is 479. The van der Waals surface area contributed by atoms with E-state index >= 15 is 0 Å². The molecule has 1 atom stereocenters. The summed E-state index contributed by atoms with van der Waals surface area (Å²) in [4.78, 5) is 24.0. The molecule has 1 unspecified atom stereocenters. The van der Waals surface area contributed by atoms with Crippen LogP contribution < -0.4 is 5.32 Å². The van der Waals surface area contributed by atoms with E-state index in [1.165, 1.54) is 11.0 Å². The smallest absolute Gasteiger partial charge is 0.323 e. The number of carboxylic acids is 1. The summed E-state index contributed by atoms with van der Waals surface area (Å²) < 4.78 is 13.4. The van der Waals surface area contributed by atoms with Gasteiger partial charge in [0, 0.05) is 18.2 Å². The number of nitrogens with one attached hydrogen (secondary N) is 1. The van der Waals surface area contributed by atoms with Crippen molar-refractivity contribution in [3.05, 3.63) is 35.6 Å². The van der Waals surface area contributed by atoms with Gasteiger partial charge in [0.25, 0.3) is 0 Å². The van der Waals surface area contributed by atoms with E-state index in [1.54, 1.807) is 25.1 Å². The number of aliphatic carboxylic acids is 1. The first-order valence-electron chi connectivity index (χ1n) is 6.45. The zero-order valence-electron chi connectivity index (χ0n) is 11.6. The first-order chi connectivity index (χ1) is 9.45. The summed E-state index contributed by atoms with van der Waals surface area (Å²) in [6.45, 7) is 3.28. The molecule has 5 nitrogen and oxygen atoms in total. The molecule has 0 saturated heterocycles. The molecular weight excluding hydrogens is 263 g/mol. The van der Waals surface area contributed by atoms with Gasteiger partial charge >= 0.3 is 12.0 Å². The number of nitrogens with zero attached hydrogens (tertiary/aromatic N) is 1. The van der Waals surface area contributed by atoms with Crippen LogP contribution in [-0.4, -0.2) is 34.6 Å². The van der Waals surface area contributed by atoms with Gasteiger partial charge in [-0.3, -0.25) is 4.79 Å². The van der Waals surface area contributed by atoms with E-state index in [1.807, 2.05) is 6.92 Å². The van der Waals surface area contributed by atoms with Crippen LogP contribution in [0.1, 0.15) is 25.8 Å². The van der Waals surface area contributed by atoms with Crippen molar-refractivity contribution < 1.29 is 19.1 Å². The summed E-state index contributed by atoms with van der Waals surface area (Å²) in [5, 5.41) is 11.4. The molecule has 2 N–H and O–H groups in total. The third kappa shape index (κ3) is 4.53. The van der Waals surface area contributed by atoms with E-state index in [-0.39, 0.29) is 19.1 Å². The van der Waals surface area contributed by atoms with E-state index in [9.17, 15) is 14.0 Å². The second-order valence-corrected chi connectivity index (χ2v) is 4.53. The predicted octanol–water partition coefficient (Wildman–Crippen LogP) is 2.22. The monoisotopic (exact) mass is 282 g/mol. The third-order valence-corrected chi connectivity index (χ3v) is 3.08. The maximum atomic E-state index is 13.4. The van der Waals surface area contributed by atoms with Crippen LogP contribution in [0, 0.1) is 5.82 Å². The first kappa shape index (κ1) is 15.9. The lowest BCUT2D eigenvalue weighted by Gasteiger charge is -2.27. The minimum absolute atomic E-state index is 0.0259. The number of carbonyl (C=O) groups excluding carboxylic acids is 1. The Hall–Kier alpha value is -2.11. The Kier molecular flexibility index (Phi) is 5.96. The highest BCUT2D eigenvalue weighted by Crippen LogP contribution is 2.07. The van der Waals surface area contributed by atoms with Gasteiger partial charge in [0.2, 0.25) is 0 Å². The van der Waals surface area contributed by atoms with Crippen LogP contribution in [-0.2, 0) is 11.3 Å². The molecule has 20 heavy (non-hydrogen) atoms. The molecule has 110 valence electrons. The lowest BCUT2D eigenvalue weighted by atomic mass is 10.2. The van der Waals surface area contributed by atoms with E-state index in [4.69, 9.17) is 5.11 Å². The fourth-order valence-corrected chi connectivity index (χ4v) is 1.71. The van der Waals surface area contributed by atoms with Gasteiger partial charge in [0.1, 0.15) is 12.4 Å². The molecular formula is C14H19FN2O3. The molecule has 0 fully saturated rings. The molecule has 0 heterocycles. The average molecular weight is 282 g/mol. The largest absolute Gasteiger partial charge is 0.480 e. The van der Waals surface area contributed by atoms with Crippen molar-refractivity contribution in [1.29, 1.82) is 0 Å². The van der Waals surface area contributed by atoms with Gasteiger partial charge in [-0.2, -0.15) is 0 Å². The van der Waals surface area contributed by atoms with Crippen LogP contribution in [0.4, 0.5) is 9.18 Å². The second-order valence-electron chi connectivity index (χ2n) is 4.53. The summed E-state index contributed by atoms with van der Waals surface area (Å²) in [6, 6.07) is 5.41. The van der Waals surface area contributed by atoms with Gasteiger partial charge in [0.05, 0.1) is 0 Å². The number of hydrogen-bond donors (Lipinski definition) is 2. The molecule has 2 amide bonds. The summed E-state index contributed by atoms with van der Waals surface area (Å²) in [5.74, 6) is -1.48. The number of rotatable bonds is 6. The number of hydrogen-bond acceptors (Lipinski definition) is 2. The van der Waals surface area contributed by atoms with Crippen LogP contribution in [0.5, 0.6) is 0 Å². The van der Waals surface area contributed by atoms with Crippen LogP contribution >= 0.6 is 0 Å². The predicted molar refractivity (Wildman–Crippen MR) is 72.7 cm³/mol. The van der Waals surface area contributed by atoms with Crippen molar-refractivity contribution in [3.8, 4) is 0 Å². The SMILES string of the molecule is CCC(C)N(CC(=O)O)C(=O)NCc1ccccc1F. The highest BCUT2D eigenvalue weighted by molar-refractivity contribution is 5.80. The molecule has 0 aliphatic rings. The minimum Gasteiger partial charge on any atom is -0.480 e. The molecule has 1 rings (SSSR count). The topological polar surface area (TPSA) is 69.6 Å². The van der Waals surface area contributed by atoms with E-state index < -0.39 is 17.8 Å². The highest BCUT2D eigenvalue weighted by Gasteiger charge is 2.21. The van der Waals surface area contributed by atoms with Crippen molar-refractivity contribution in [1.82, 2.24) is 10.2 Å². The van der Waals surface area contributed by atoms with E-state index in [0.717, 1.165) is 0 Å². The Morgan fingerprint density at radius 1 is 1.40 bits per heavy atom. The van der Waals surface area contributed by atoms with Gasteiger partial charge in [-0.25, -0.2) is 9.18 Å². The number of urea groups is 1. The van der Waals surface area contributed by atoms with Crippen molar-refractivity contribution in [3.63, 3.8) is 0 Å². The Labute approximate surface area is 117 Å². The molecule has 0 aliphatic heterocycles. The molecule has 0 bridgehead atoms. The quantitative estimate of drug-likeness (QED) is 0.840. The highest BCUT2D eigenvalue weighted by atomic mass is 19.1. The molecule has 0 aliphatic carbocycles. The lowest BCUT2D eigenvalue weighted by molar-refractivity contribution is -0.138. The van der Waals surface area contributed by atoms with Gasteiger partial charge in [-0.15, -0.1) is 0 Å². The van der Waals surface area contributed by atoms with Gasteiger partial charge < -0.3 is 15.3 Å². The fourth-order valence-electron chi connectivity index (χ4n) is 1.71. The average Bonchev–Trinajstić information content (AvgIpc) is 2.42. The molecule has 0 aromatic heterocycles. The minimum atomic E-state index is -1.08. The third-order valence-electron chi connectivity index (χ3n) is 3.08. The molecule has 0 spiro atoms. The maximum Gasteiger partial charge on any atom is 0.323 e. The fraction of sp³-hybridized carbons (Fsp3) is 0.429. The first-order valence-corrected chi connectivity index (χ1v) is 6.45. The maximum absolute atomic E-state index is 13.4. The summed E-state index contributed by atoms with van der Waals surface area (Å²) in [6.07, 6.45) is 0.639. The van der Waals surface area contributed by atoms with Gasteiger partial charge in [0.15, 0.2) is 0 Å². The summed E-state index contributed by atoms with van der Waals surface area (Å²) in [5.41, 5.74) is 0.361. The summed E-state index contributed by atoms with van der Waals surface area (Å²) in [7, 11) is 0. The van der Waals surface area contributed by atoms with Crippen molar-refractivity contribution in [2.24, 2.45) is 0 Å². The lowest BCUT2D eigenvalue weighted by Crippen LogP contribution is -2.47. The molecule has 0 saturated carbocycles. The zero-order valence-corrected chi connectivity index (χ0v) is 11.6. The van der Waals surface area contributed by atoms with Gasteiger partial charge in [-0.05, 0) is 19.4 Å². The van der Waals surface area contributed by atoms with E-state index in [2.05, 4.69) is 5.32 Å². The normalized spacial score (nSPS) is 11.8. The van der Waals surface area contributed by atoms with Gasteiger partial charge in [-0.1, -0.05) is 25.1 Å².